The van der Waals surface area contributed by atoms with Crippen LogP contribution >= 0.6 is 0 Å². The molecule has 35 heavy (non-hydrogen) atoms. The number of benzene rings is 3. The number of likely N-dealkylation sites (tertiary alicyclic amines) is 1. The van der Waals surface area contributed by atoms with Gasteiger partial charge in [0.1, 0.15) is 0 Å². The van der Waals surface area contributed by atoms with Crippen molar-refractivity contribution in [3.63, 3.8) is 0 Å². The molecule has 4 heteroatoms. The van der Waals surface area contributed by atoms with Gasteiger partial charge in [0.2, 0.25) is 5.91 Å². The van der Waals surface area contributed by atoms with Crippen molar-refractivity contribution >= 4 is 5.91 Å². The van der Waals surface area contributed by atoms with E-state index in [1.54, 1.807) is 0 Å². The molecule has 2 saturated heterocycles. The molecule has 180 valence electrons. The molecular formula is C31H35N3O. The summed E-state index contributed by atoms with van der Waals surface area (Å²) in [6, 6.07) is 28.2. The number of hydrogen-bond donors (Lipinski definition) is 2. The number of aryl methyl sites for hydroxylation is 1. The summed E-state index contributed by atoms with van der Waals surface area (Å²) >= 11 is 0. The predicted molar refractivity (Wildman–Crippen MR) is 140 cm³/mol. The summed E-state index contributed by atoms with van der Waals surface area (Å²) in [5, 5.41) is 7.28. The summed E-state index contributed by atoms with van der Waals surface area (Å²) in [4.78, 5) is 16.7. The third kappa shape index (κ3) is 3.89. The van der Waals surface area contributed by atoms with Crippen molar-refractivity contribution in [1.82, 2.24) is 15.5 Å². The molecule has 3 heterocycles. The first-order valence-corrected chi connectivity index (χ1v) is 13.1. The number of fused-ring (bicyclic) bond motifs is 2. The van der Waals surface area contributed by atoms with Crippen molar-refractivity contribution in [1.29, 1.82) is 0 Å². The van der Waals surface area contributed by atoms with E-state index in [-0.39, 0.29) is 17.4 Å². The Kier molecular flexibility index (Phi) is 5.95. The van der Waals surface area contributed by atoms with Gasteiger partial charge in [-0.3, -0.25) is 4.79 Å². The van der Waals surface area contributed by atoms with E-state index < -0.39 is 0 Å². The number of nitrogens with zero attached hydrogens (tertiary/aromatic N) is 1. The highest BCUT2D eigenvalue weighted by Gasteiger charge is 2.52. The van der Waals surface area contributed by atoms with Crippen LogP contribution in [0.1, 0.15) is 52.6 Å². The largest absolute Gasteiger partial charge is 0.335 e. The van der Waals surface area contributed by atoms with E-state index in [1.807, 2.05) is 0 Å². The van der Waals surface area contributed by atoms with Crippen LogP contribution in [0, 0.1) is 12.8 Å². The third-order valence-corrected chi connectivity index (χ3v) is 8.78. The van der Waals surface area contributed by atoms with Gasteiger partial charge >= 0.3 is 0 Å². The second kappa shape index (κ2) is 9.25. The lowest BCUT2D eigenvalue weighted by Crippen LogP contribution is -2.55. The van der Waals surface area contributed by atoms with E-state index in [1.165, 1.54) is 27.8 Å². The Bertz CT molecular complexity index is 1190. The molecule has 3 aromatic carbocycles. The summed E-state index contributed by atoms with van der Waals surface area (Å²) in [5.41, 5.74) is 6.52. The molecule has 2 fully saturated rings. The molecule has 0 aliphatic carbocycles. The Morgan fingerprint density at radius 3 is 2.37 bits per heavy atom. The number of carbonyl (C=O) groups is 1. The van der Waals surface area contributed by atoms with Crippen LogP contribution in [-0.4, -0.2) is 37.0 Å². The van der Waals surface area contributed by atoms with Crippen molar-refractivity contribution in [3.05, 3.63) is 107 Å². The monoisotopic (exact) mass is 465 g/mol. The normalized spacial score (nSPS) is 28.1. The second-order valence-corrected chi connectivity index (χ2v) is 10.6. The molecule has 3 aliphatic heterocycles. The van der Waals surface area contributed by atoms with Crippen LogP contribution in [0.3, 0.4) is 0 Å². The Balaban J connectivity index is 1.35. The van der Waals surface area contributed by atoms with Gasteiger partial charge in [0.25, 0.3) is 0 Å². The van der Waals surface area contributed by atoms with Gasteiger partial charge in [-0.2, -0.15) is 0 Å². The standard InChI is InChI=1S/C31H35N3O/c1-22-9-8-14-27-26(22)18-32-20-31(27)21-33-19-28(31)30(35)34-16-15-25(23-10-4-2-5-11-23)17-29(34)24-12-6-3-7-13-24/h2-14,25,28-29,32-33H,15-21H2,1H3/t25-,28+,29+,31+/m1/s1. The maximum Gasteiger partial charge on any atom is 0.228 e. The van der Waals surface area contributed by atoms with Crippen molar-refractivity contribution in [2.24, 2.45) is 5.92 Å². The fraction of sp³-hybridized carbons (Fsp3) is 0.387. The minimum absolute atomic E-state index is 0.0599. The molecular weight excluding hydrogens is 430 g/mol. The Morgan fingerprint density at radius 1 is 0.886 bits per heavy atom. The number of rotatable bonds is 3. The zero-order valence-electron chi connectivity index (χ0n) is 20.5. The molecule has 3 aromatic rings. The first kappa shape index (κ1) is 22.5. The highest BCUT2D eigenvalue weighted by Crippen LogP contribution is 2.45. The molecule has 3 aliphatic rings. The van der Waals surface area contributed by atoms with Gasteiger partial charge in [-0.25, -0.2) is 0 Å². The van der Waals surface area contributed by atoms with Gasteiger partial charge in [-0.05, 0) is 53.5 Å². The molecule has 0 radical (unpaired) electrons. The SMILES string of the molecule is Cc1cccc2c1CNC[C@]21CNC[C@H]1C(=O)N1CC[C@@H](c2ccccc2)C[C@H]1c1ccccc1. The Hall–Kier alpha value is -2.95. The van der Waals surface area contributed by atoms with E-state index in [0.717, 1.165) is 45.6 Å². The minimum atomic E-state index is -0.186. The van der Waals surface area contributed by atoms with Crippen molar-refractivity contribution in [3.8, 4) is 0 Å². The number of amides is 1. The first-order valence-electron chi connectivity index (χ1n) is 13.1. The number of nitrogens with one attached hydrogen (secondary N) is 2. The minimum Gasteiger partial charge on any atom is -0.335 e. The van der Waals surface area contributed by atoms with Gasteiger partial charge in [0, 0.05) is 38.1 Å². The summed E-state index contributed by atoms with van der Waals surface area (Å²) in [7, 11) is 0. The third-order valence-electron chi connectivity index (χ3n) is 8.78. The average Bonchev–Trinajstić information content (AvgIpc) is 3.33. The van der Waals surface area contributed by atoms with Crippen LogP contribution < -0.4 is 10.6 Å². The molecule has 0 unspecified atom stereocenters. The van der Waals surface area contributed by atoms with Gasteiger partial charge in [-0.1, -0.05) is 78.9 Å². The van der Waals surface area contributed by atoms with E-state index in [2.05, 4.69) is 101 Å². The molecule has 4 atom stereocenters. The fourth-order valence-corrected chi connectivity index (χ4v) is 6.91. The maximum absolute atomic E-state index is 14.5. The van der Waals surface area contributed by atoms with E-state index in [0.29, 0.717) is 11.8 Å². The summed E-state index contributed by atoms with van der Waals surface area (Å²) < 4.78 is 0. The van der Waals surface area contributed by atoms with E-state index in [9.17, 15) is 4.79 Å². The van der Waals surface area contributed by atoms with Gasteiger partial charge in [-0.15, -0.1) is 0 Å². The van der Waals surface area contributed by atoms with Crippen molar-refractivity contribution in [2.45, 2.75) is 43.7 Å². The van der Waals surface area contributed by atoms with Crippen LogP contribution in [0.15, 0.2) is 78.9 Å². The number of piperidine rings is 1. The summed E-state index contributed by atoms with van der Waals surface area (Å²) in [6.07, 6.45) is 1.99. The number of hydrogen-bond acceptors (Lipinski definition) is 3. The average molecular weight is 466 g/mol. The van der Waals surface area contributed by atoms with E-state index in [4.69, 9.17) is 0 Å². The molecule has 1 amide bonds. The lowest BCUT2D eigenvalue weighted by Gasteiger charge is -2.45. The van der Waals surface area contributed by atoms with Crippen LogP contribution in [0.4, 0.5) is 0 Å². The summed E-state index contributed by atoms with van der Waals surface area (Å²) in [5.74, 6) is 0.725. The molecule has 0 saturated carbocycles. The topological polar surface area (TPSA) is 44.4 Å². The lowest BCUT2D eigenvalue weighted by molar-refractivity contribution is -0.141. The zero-order valence-corrected chi connectivity index (χ0v) is 20.5. The van der Waals surface area contributed by atoms with Crippen LogP contribution in [0.5, 0.6) is 0 Å². The predicted octanol–water partition coefficient (Wildman–Crippen LogP) is 4.70. The second-order valence-electron chi connectivity index (χ2n) is 10.6. The highest BCUT2D eigenvalue weighted by molar-refractivity contribution is 5.82. The van der Waals surface area contributed by atoms with E-state index >= 15 is 0 Å². The lowest BCUT2D eigenvalue weighted by atomic mass is 9.67. The smallest absolute Gasteiger partial charge is 0.228 e. The van der Waals surface area contributed by atoms with Gasteiger partial charge < -0.3 is 15.5 Å². The first-order chi connectivity index (χ1) is 17.2. The summed E-state index contributed by atoms with van der Waals surface area (Å²) in [6.45, 7) is 6.33. The Morgan fingerprint density at radius 2 is 1.60 bits per heavy atom. The molecule has 0 aromatic heterocycles. The van der Waals surface area contributed by atoms with Crippen LogP contribution in [0.25, 0.3) is 0 Å². The number of carbonyl (C=O) groups excluding carboxylic acids is 1. The van der Waals surface area contributed by atoms with Crippen molar-refractivity contribution in [2.75, 3.05) is 26.2 Å². The highest BCUT2D eigenvalue weighted by atomic mass is 16.2. The van der Waals surface area contributed by atoms with Gasteiger partial charge in [0.15, 0.2) is 0 Å². The Labute approximate surface area is 208 Å². The molecule has 1 spiro atoms. The molecule has 4 nitrogen and oxygen atoms in total. The maximum atomic E-state index is 14.5. The molecule has 6 rings (SSSR count). The molecule has 2 N–H and O–H groups in total. The quantitative estimate of drug-likeness (QED) is 0.589. The van der Waals surface area contributed by atoms with Crippen LogP contribution in [-0.2, 0) is 16.8 Å². The van der Waals surface area contributed by atoms with Crippen LogP contribution in [0.2, 0.25) is 0 Å². The van der Waals surface area contributed by atoms with Gasteiger partial charge in [0.05, 0.1) is 12.0 Å². The fourth-order valence-electron chi connectivity index (χ4n) is 6.91. The molecule has 0 bridgehead atoms. The van der Waals surface area contributed by atoms with Crippen molar-refractivity contribution < 1.29 is 4.79 Å². The zero-order chi connectivity index (χ0) is 23.8.